The monoisotopic (exact) mass is 289 g/mol. The Morgan fingerprint density at radius 2 is 2.33 bits per heavy atom. The van der Waals surface area contributed by atoms with Gasteiger partial charge < -0.3 is 10.1 Å². The number of nitrogens with one attached hydrogen (secondary N) is 2. The maximum absolute atomic E-state index is 12.5. The van der Waals surface area contributed by atoms with Crippen molar-refractivity contribution in [2.75, 3.05) is 11.9 Å². The number of nitrogens with zero attached hydrogens (tertiary/aromatic N) is 3. The molecule has 2 N–H and O–H groups in total. The lowest BCUT2D eigenvalue weighted by Gasteiger charge is -2.18. The molecule has 3 heterocycles. The number of carbonyl (C=O) groups is 1. The summed E-state index contributed by atoms with van der Waals surface area (Å²) in [6.45, 7) is 4.54. The van der Waals surface area contributed by atoms with E-state index < -0.39 is 0 Å². The number of anilines is 1. The Kier molecular flexibility index (Phi) is 3.50. The number of aromatic amines is 1. The second-order valence-corrected chi connectivity index (χ2v) is 5.35. The van der Waals surface area contributed by atoms with Gasteiger partial charge in [-0.2, -0.15) is 10.2 Å². The fraction of sp³-hybridized carbons (Fsp3) is 0.500. The van der Waals surface area contributed by atoms with Gasteiger partial charge in [0.1, 0.15) is 5.82 Å². The Hall–Kier alpha value is -2.15. The molecule has 1 amide bonds. The number of rotatable bonds is 3. The zero-order valence-corrected chi connectivity index (χ0v) is 12.4. The topological polar surface area (TPSA) is 84.8 Å². The molecular weight excluding hydrogens is 270 g/mol. The molecular formula is C14H19N5O2. The molecule has 0 aliphatic carbocycles. The van der Waals surface area contributed by atoms with Gasteiger partial charge in [0, 0.05) is 31.0 Å². The zero-order chi connectivity index (χ0) is 15.0. The molecule has 1 aliphatic rings. The number of H-pyrrole nitrogens is 1. The highest BCUT2D eigenvalue weighted by Gasteiger charge is 2.38. The zero-order valence-electron chi connectivity index (χ0n) is 12.4. The lowest BCUT2D eigenvalue weighted by atomic mass is 9.93. The van der Waals surface area contributed by atoms with Gasteiger partial charge in [0.2, 0.25) is 5.91 Å². The third-order valence-electron chi connectivity index (χ3n) is 4.04. The number of carbonyl (C=O) groups excluding carboxylic acids is 1. The molecule has 0 aromatic carbocycles. The summed E-state index contributed by atoms with van der Waals surface area (Å²) < 4.78 is 7.66. The quantitative estimate of drug-likeness (QED) is 0.896. The van der Waals surface area contributed by atoms with Crippen molar-refractivity contribution in [3.63, 3.8) is 0 Å². The third-order valence-corrected chi connectivity index (χ3v) is 4.04. The number of aryl methyl sites for hydroxylation is 2. The molecule has 0 radical (unpaired) electrons. The van der Waals surface area contributed by atoms with Gasteiger partial charge in [-0.25, -0.2) is 0 Å². The molecule has 112 valence electrons. The van der Waals surface area contributed by atoms with Gasteiger partial charge in [0.25, 0.3) is 0 Å². The summed E-state index contributed by atoms with van der Waals surface area (Å²) in [5.41, 5.74) is 2.99. The SMILES string of the molecule is Cc1nn(C)c(C)c1[C@H]1OCC[C@@H]1C(=O)Nc1ccn[nH]1. The molecule has 1 saturated heterocycles. The van der Waals surface area contributed by atoms with E-state index in [1.165, 1.54) is 0 Å². The van der Waals surface area contributed by atoms with E-state index >= 15 is 0 Å². The van der Waals surface area contributed by atoms with Crippen molar-refractivity contribution in [3.05, 3.63) is 29.2 Å². The van der Waals surface area contributed by atoms with Crippen LogP contribution in [0.1, 0.15) is 29.5 Å². The molecule has 0 spiro atoms. The Balaban J connectivity index is 1.83. The Morgan fingerprint density at radius 3 is 2.95 bits per heavy atom. The first-order valence-corrected chi connectivity index (χ1v) is 7.00. The minimum atomic E-state index is -0.235. The number of hydrogen-bond donors (Lipinski definition) is 2. The minimum Gasteiger partial charge on any atom is -0.373 e. The molecule has 21 heavy (non-hydrogen) atoms. The summed E-state index contributed by atoms with van der Waals surface area (Å²) in [6.07, 6.45) is 2.08. The van der Waals surface area contributed by atoms with Gasteiger partial charge in [-0.3, -0.25) is 14.6 Å². The average molecular weight is 289 g/mol. The molecule has 7 heteroatoms. The maximum Gasteiger partial charge on any atom is 0.231 e. The van der Waals surface area contributed by atoms with Crippen molar-refractivity contribution in [3.8, 4) is 0 Å². The minimum absolute atomic E-state index is 0.0515. The van der Waals surface area contributed by atoms with Crippen molar-refractivity contribution in [1.29, 1.82) is 0 Å². The summed E-state index contributed by atoms with van der Waals surface area (Å²) >= 11 is 0. The highest BCUT2D eigenvalue weighted by atomic mass is 16.5. The maximum atomic E-state index is 12.5. The standard InChI is InChI=1S/C14H19N5O2/c1-8-12(9(2)19(3)18-8)13-10(5-7-21-13)14(20)16-11-4-6-15-17-11/h4,6,10,13H,5,7H2,1-3H3,(H2,15,16,17,20)/t10-,13-/m0/s1. The van der Waals surface area contributed by atoms with Crippen LogP contribution in [0.15, 0.2) is 12.3 Å². The van der Waals surface area contributed by atoms with E-state index in [4.69, 9.17) is 4.74 Å². The predicted molar refractivity (Wildman–Crippen MR) is 76.7 cm³/mol. The summed E-state index contributed by atoms with van der Waals surface area (Å²) in [7, 11) is 1.90. The normalized spacial score (nSPS) is 21.7. The van der Waals surface area contributed by atoms with E-state index in [2.05, 4.69) is 20.6 Å². The molecule has 0 bridgehead atoms. The van der Waals surface area contributed by atoms with Gasteiger partial charge in [0.15, 0.2) is 0 Å². The second-order valence-electron chi connectivity index (χ2n) is 5.35. The fourth-order valence-electron chi connectivity index (χ4n) is 2.90. The van der Waals surface area contributed by atoms with Gasteiger partial charge >= 0.3 is 0 Å². The van der Waals surface area contributed by atoms with Gasteiger partial charge in [-0.05, 0) is 20.3 Å². The second kappa shape index (κ2) is 5.33. The molecule has 2 aromatic rings. The van der Waals surface area contributed by atoms with Crippen molar-refractivity contribution in [1.82, 2.24) is 20.0 Å². The molecule has 2 aromatic heterocycles. The summed E-state index contributed by atoms with van der Waals surface area (Å²) in [5.74, 6) is 0.338. The molecule has 0 unspecified atom stereocenters. The highest BCUT2D eigenvalue weighted by Crippen LogP contribution is 2.38. The fourth-order valence-corrected chi connectivity index (χ4v) is 2.90. The van der Waals surface area contributed by atoms with E-state index in [9.17, 15) is 4.79 Å². The number of aromatic nitrogens is 4. The summed E-state index contributed by atoms with van der Waals surface area (Å²) in [6, 6.07) is 1.73. The van der Waals surface area contributed by atoms with Crippen LogP contribution >= 0.6 is 0 Å². The van der Waals surface area contributed by atoms with Crippen LogP contribution < -0.4 is 5.32 Å². The van der Waals surface area contributed by atoms with Gasteiger partial charge in [-0.1, -0.05) is 0 Å². The summed E-state index contributed by atoms with van der Waals surface area (Å²) in [4.78, 5) is 12.5. The molecule has 0 saturated carbocycles. The van der Waals surface area contributed by atoms with Crippen LogP contribution in [0.2, 0.25) is 0 Å². The average Bonchev–Trinajstić information content (AvgIpc) is 3.13. The van der Waals surface area contributed by atoms with E-state index in [0.717, 1.165) is 17.0 Å². The van der Waals surface area contributed by atoms with Crippen LogP contribution in [0.5, 0.6) is 0 Å². The smallest absolute Gasteiger partial charge is 0.231 e. The van der Waals surface area contributed by atoms with Crippen molar-refractivity contribution < 1.29 is 9.53 Å². The number of amides is 1. The van der Waals surface area contributed by atoms with Crippen molar-refractivity contribution in [2.24, 2.45) is 13.0 Å². The first kappa shape index (κ1) is 13.8. The van der Waals surface area contributed by atoms with Crippen LogP contribution in [0.4, 0.5) is 5.82 Å². The van der Waals surface area contributed by atoms with Crippen LogP contribution in [-0.2, 0) is 16.6 Å². The van der Waals surface area contributed by atoms with Crippen LogP contribution in [0.3, 0.4) is 0 Å². The van der Waals surface area contributed by atoms with Crippen molar-refractivity contribution in [2.45, 2.75) is 26.4 Å². The number of hydrogen-bond acceptors (Lipinski definition) is 4. The van der Waals surface area contributed by atoms with E-state index in [1.54, 1.807) is 12.3 Å². The molecule has 2 atom stereocenters. The molecule has 1 fully saturated rings. The van der Waals surface area contributed by atoms with Crippen molar-refractivity contribution >= 4 is 11.7 Å². The Bertz CT molecular complexity index is 647. The first-order valence-electron chi connectivity index (χ1n) is 7.00. The largest absolute Gasteiger partial charge is 0.373 e. The van der Waals surface area contributed by atoms with E-state index in [0.29, 0.717) is 18.8 Å². The van der Waals surface area contributed by atoms with E-state index in [1.807, 2.05) is 25.6 Å². The van der Waals surface area contributed by atoms with E-state index in [-0.39, 0.29) is 17.9 Å². The number of ether oxygens (including phenoxy) is 1. The molecule has 1 aliphatic heterocycles. The Labute approximate surface area is 122 Å². The molecule has 3 rings (SSSR count). The Morgan fingerprint density at radius 1 is 1.52 bits per heavy atom. The third kappa shape index (κ3) is 2.44. The predicted octanol–water partition coefficient (Wildman–Crippen LogP) is 1.48. The summed E-state index contributed by atoms with van der Waals surface area (Å²) in [5, 5.41) is 13.8. The van der Waals surface area contributed by atoms with Crippen LogP contribution in [-0.4, -0.2) is 32.5 Å². The first-order chi connectivity index (χ1) is 10.1. The molecule has 7 nitrogen and oxygen atoms in total. The lowest BCUT2D eigenvalue weighted by molar-refractivity contribution is -0.121. The highest BCUT2D eigenvalue weighted by molar-refractivity contribution is 5.92. The van der Waals surface area contributed by atoms with Gasteiger partial charge in [0.05, 0.1) is 23.9 Å². The van der Waals surface area contributed by atoms with Gasteiger partial charge in [-0.15, -0.1) is 0 Å². The van der Waals surface area contributed by atoms with Crippen LogP contribution in [0, 0.1) is 19.8 Å². The lowest BCUT2D eigenvalue weighted by Crippen LogP contribution is -2.26. The van der Waals surface area contributed by atoms with Crippen LogP contribution in [0.25, 0.3) is 0 Å².